The molecule has 0 spiro atoms. The maximum absolute atomic E-state index is 12.4. The van der Waals surface area contributed by atoms with Crippen LogP contribution in [0, 0.1) is 0 Å². The van der Waals surface area contributed by atoms with Crippen molar-refractivity contribution in [2.75, 3.05) is 0 Å². The molecule has 0 heterocycles. The van der Waals surface area contributed by atoms with E-state index >= 15 is 0 Å². The van der Waals surface area contributed by atoms with Gasteiger partial charge in [0.15, 0.2) is 5.78 Å². The average molecular weight is 294 g/mol. The van der Waals surface area contributed by atoms with E-state index in [0.29, 0.717) is 16.7 Å². The van der Waals surface area contributed by atoms with E-state index in [2.05, 4.69) is 0 Å². The lowest BCUT2D eigenvalue weighted by Crippen LogP contribution is -2.15. The second kappa shape index (κ2) is 6.56. The minimum Gasteiger partial charge on any atom is -0.459 e. The van der Waals surface area contributed by atoms with Gasteiger partial charge in [-0.15, -0.1) is 0 Å². The van der Waals surface area contributed by atoms with Crippen molar-refractivity contribution in [3.63, 3.8) is 0 Å². The number of carbonyl (C=O) groups excluding carboxylic acids is 2. The molecule has 1 aliphatic rings. The molecule has 112 valence electrons. The van der Waals surface area contributed by atoms with Gasteiger partial charge in [0.1, 0.15) is 6.10 Å². The summed E-state index contributed by atoms with van der Waals surface area (Å²) in [7, 11) is 0. The van der Waals surface area contributed by atoms with E-state index in [-0.39, 0.29) is 17.9 Å². The molecule has 0 bridgehead atoms. The Hall–Kier alpha value is -2.42. The summed E-state index contributed by atoms with van der Waals surface area (Å²) in [5.41, 5.74) is 1.56. The summed E-state index contributed by atoms with van der Waals surface area (Å²) in [6.45, 7) is 0. The lowest BCUT2D eigenvalue weighted by Gasteiger charge is -2.11. The molecule has 0 aromatic heterocycles. The Morgan fingerprint density at radius 1 is 0.818 bits per heavy atom. The van der Waals surface area contributed by atoms with E-state index in [4.69, 9.17) is 4.74 Å². The van der Waals surface area contributed by atoms with Gasteiger partial charge in [-0.05, 0) is 37.8 Å². The summed E-state index contributed by atoms with van der Waals surface area (Å²) in [5, 5.41) is 0. The van der Waals surface area contributed by atoms with Crippen LogP contribution < -0.4 is 0 Å². The Bertz CT molecular complexity index is 670. The van der Waals surface area contributed by atoms with Gasteiger partial charge in [0.25, 0.3) is 0 Å². The van der Waals surface area contributed by atoms with E-state index < -0.39 is 0 Å². The number of esters is 1. The van der Waals surface area contributed by atoms with Gasteiger partial charge < -0.3 is 4.74 Å². The predicted octanol–water partition coefficient (Wildman–Crippen LogP) is 4.02. The SMILES string of the molecule is O=C(OC1CCCC1)c1cccc(C(=O)c2ccccc2)c1. The molecule has 3 nitrogen and oxygen atoms in total. The van der Waals surface area contributed by atoms with E-state index in [0.717, 1.165) is 25.7 Å². The molecule has 2 aromatic rings. The fourth-order valence-corrected chi connectivity index (χ4v) is 2.77. The number of carbonyl (C=O) groups is 2. The van der Waals surface area contributed by atoms with Gasteiger partial charge in [0, 0.05) is 11.1 Å². The van der Waals surface area contributed by atoms with Crippen molar-refractivity contribution in [1.82, 2.24) is 0 Å². The molecule has 3 rings (SSSR count). The van der Waals surface area contributed by atoms with Crippen LogP contribution in [0.2, 0.25) is 0 Å². The van der Waals surface area contributed by atoms with Crippen LogP contribution in [0.3, 0.4) is 0 Å². The molecule has 3 heteroatoms. The minimum atomic E-state index is -0.338. The van der Waals surface area contributed by atoms with E-state index in [9.17, 15) is 9.59 Å². The summed E-state index contributed by atoms with van der Waals surface area (Å²) in [4.78, 5) is 24.6. The molecule has 0 saturated heterocycles. The standard InChI is InChI=1S/C19H18O3/c20-18(14-7-2-1-3-8-14)15-9-6-10-16(13-15)19(21)22-17-11-4-5-12-17/h1-3,6-10,13,17H,4-5,11-12H2. The van der Waals surface area contributed by atoms with Crippen molar-refractivity contribution >= 4 is 11.8 Å². The fraction of sp³-hybridized carbons (Fsp3) is 0.263. The first-order valence-electron chi connectivity index (χ1n) is 7.65. The smallest absolute Gasteiger partial charge is 0.338 e. The molecule has 0 unspecified atom stereocenters. The summed E-state index contributed by atoms with van der Waals surface area (Å²) >= 11 is 0. The van der Waals surface area contributed by atoms with Crippen molar-refractivity contribution in [3.8, 4) is 0 Å². The maximum Gasteiger partial charge on any atom is 0.338 e. The molecule has 0 N–H and O–H groups in total. The zero-order valence-electron chi connectivity index (χ0n) is 12.3. The highest BCUT2D eigenvalue weighted by Crippen LogP contribution is 2.22. The highest BCUT2D eigenvalue weighted by Gasteiger charge is 2.20. The number of rotatable bonds is 4. The number of hydrogen-bond donors (Lipinski definition) is 0. The molecular formula is C19H18O3. The van der Waals surface area contributed by atoms with Crippen LogP contribution in [0.5, 0.6) is 0 Å². The number of ether oxygens (including phenoxy) is 1. The molecule has 0 amide bonds. The highest BCUT2D eigenvalue weighted by atomic mass is 16.5. The lowest BCUT2D eigenvalue weighted by molar-refractivity contribution is 0.0318. The third-order valence-corrected chi connectivity index (χ3v) is 3.97. The van der Waals surface area contributed by atoms with Crippen LogP contribution in [0.1, 0.15) is 52.0 Å². The van der Waals surface area contributed by atoms with Gasteiger partial charge in [0.05, 0.1) is 5.56 Å². The van der Waals surface area contributed by atoms with Crippen LogP contribution in [0.25, 0.3) is 0 Å². The fourth-order valence-electron chi connectivity index (χ4n) is 2.77. The average Bonchev–Trinajstić information content (AvgIpc) is 3.08. The van der Waals surface area contributed by atoms with Crippen LogP contribution in [-0.4, -0.2) is 17.9 Å². The van der Waals surface area contributed by atoms with Crippen molar-refractivity contribution in [2.24, 2.45) is 0 Å². The normalized spacial score (nSPS) is 14.7. The molecule has 0 atom stereocenters. The van der Waals surface area contributed by atoms with Crippen molar-refractivity contribution < 1.29 is 14.3 Å². The topological polar surface area (TPSA) is 43.4 Å². The monoisotopic (exact) mass is 294 g/mol. The predicted molar refractivity (Wildman–Crippen MR) is 84.0 cm³/mol. The Morgan fingerprint density at radius 2 is 1.45 bits per heavy atom. The Kier molecular flexibility index (Phi) is 4.33. The Labute approximate surface area is 129 Å². The quantitative estimate of drug-likeness (QED) is 0.632. The van der Waals surface area contributed by atoms with Crippen LogP contribution >= 0.6 is 0 Å². The van der Waals surface area contributed by atoms with Crippen LogP contribution in [0.4, 0.5) is 0 Å². The van der Waals surface area contributed by atoms with Crippen molar-refractivity contribution in [3.05, 3.63) is 71.3 Å². The van der Waals surface area contributed by atoms with Gasteiger partial charge in [-0.2, -0.15) is 0 Å². The Balaban J connectivity index is 1.77. The Morgan fingerprint density at radius 3 is 2.18 bits per heavy atom. The highest BCUT2D eigenvalue weighted by molar-refractivity contribution is 6.09. The molecule has 0 radical (unpaired) electrons. The number of ketones is 1. The van der Waals surface area contributed by atoms with Crippen LogP contribution in [-0.2, 0) is 4.74 Å². The van der Waals surface area contributed by atoms with E-state index in [1.165, 1.54) is 0 Å². The molecule has 22 heavy (non-hydrogen) atoms. The van der Waals surface area contributed by atoms with Crippen molar-refractivity contribution in [2.45, 2.75) is 31.8 Å². The molecular weight excluding hydrogens is 276 g/mol. The second-order valence-corrected chi connectivity index (χ2v) is 5.59. The van der Waals surface area contributed by atoms with Gasteiger partial charge in [0.2, 0.25) is 0 Å². The van der Waals surface area contributed by atoms with Gasteiger partial charge in [-0.3, -0.25) is 4.79 Å². The van der Waals surface area contributed by atoms with Crippen LogP contribution in [0.15, 0.2) is 54.6 Å². The lowest BCUT2D eigenvalue weighted by atomic mass is 10.0. The first-order valence-corrected chi connectivity index (χ1v) is 7.65. The summed E-state index contributed by atoms with van der Waals surface area (Å²) in [5.74, 6) is -0.425. The number of benzene rings is 2. The zero-order chi connectivity index (χ0) is 15.4. The molecule has 1 saturated carbocycles. The second-order valence-electron chi connectivity index (χ2n) is 5.59. The summed E-state index contributed by atoms with van der Waals surface area (Å²) in [6.07, 6.45) is 4.14. The maximum atomic E-state index is 12.4. The van der Waals surface area contributed by atoms with Gasteiger partial charge in [-0.25, -0.2) is 4.79 Å². The van der Waals surface area contributed by atoms with E-state index in [1.54, 1.807) is 36.4 Å². The molecule has 0 aliphatic heterocycles. The first-order chi connectivity index (χ1) is 10.7. The van der Waals surface area contributed by atoms with E-state index in [1.807, 2.05) is 18.2 Å². The zero-order valence-corrected chi connectivity index (χ0v) is 12.3. The first kappa shape index (κ1) is 14.5. The molecule has 1 fully saturated rings. The van der Waals surface area contributed by atoms with Crippen molar-refractivity contribution in [1.29, 1.82) is 0 Å². The minimum absolute atomic E-state index is 0.0287. The molecule has 2 aromatic carbocycles. The third-order valence-electron chi connectivity index (χ3n) is 3.97. The summed E-state index contributed by atoms with van der Waals surface area (Å²) < 4.78 is 5.49. The summed E-state index contributed by atoms with van der Waals surface area (Å²) in [6, 6.07) is 15.8. The van der Waals surface area contributed by atoms with Gasteiger partial charge >= 0.3 is 5.97 Å². The van der Waals surface area contributed by atoms with Gasteiger partial charge in [-0.1, -0.05) is 42.5 Å². The third kappa shape index (κ3) is 3.25. The number of hydrogen-bond acceptors (Lipinski definition) is 3. The molecule has 1 aliphatic carbocycles. The largest absolute Gasteiger partial charge is 0.459 e.